The predicted octanol–water partition coefficient (Wildman–Crippen LogP) is 4.24. The van der Waals surface area contributed by atoms with Gasteiger partial charge in [-0.15, -0.1) is 0 Å². The van der Waals surface area contributed by atoms with E-state index in [1.807, 2.05) is 0 Å². The minimum absolute atomic E-state index is 0.148. The molecule has 1 aromatic rings. The van der Waals surface area contributed by atoms with Gasteiger partial charge in [0.15, 0.2) is 0 Å². The van der Waals surface area contributed by atoms with Crippen LogP contribution in [-0.2, 0) is 9.53 Å². The lowest BCUT2D eigenvalue weighted by atomic mass is 10.1. The monoisotopic (exact) mass is 297 g/mol. The number of ether oxygens (including phenoxy) is 1. The zero-order chi connectivity index (χ0) is 14.6. The van der Waals surface area contributed by atoms with Crippen molar-refractivity contribution in [2.24, 2.45) is 0 Å². The third-order valence-electron chi connectivity index (χ3n) is 2.03. The second kappa shape index (κ2) is 6.10. The minimum Gasteiger partial charge on any atom is -0.456 e. The first-order valence-corrected chi connectivity index (χ1v) is 6.29. The van der Waals surface area contributed by atoms with Crippen LogP contribution in [0.5, 0.6) is 0 Å². The Hall–Kier alpha value is -1.50. The van der Waals surface area contributed by atoms with Crippen LogP contribution in [0.3, 0.4) is 0 Å². The van der Waals surface area contributed by atoms with Crippen LogP contribution in [0.2, 0.25) is 10.0 Å². The van der Waals surface area contributed by atoms with Gasteiger partial charge in [-0.05, 0) is 39.0 Å². The van der Waals surface area contributed by atoms with E-state index < -0.39 is 11.6 Å². The van der Waals surface area contributed by atoms with Crippen molar-refractivity contribution >= 4 is 35.2 Å². The van der Waals surface area contributed by atoms with E-state index in [0.29, 0.717) is 15.6 Å². The Morgan fingerprint density at radius 3 is 2.26 bits per heavy atom. The van der Waals surface area contributed by atoms with E-state index in [9.17, 15) is 4.79 Å². The zero-order valence-corrected chi connectivity index (χ0v) is 12.3. The molecular weight excluding hydrogens is 285 g/mol. The third kappa shape index (κ3) is 4.59. The van der Waals surface area contributed by atoms with Gasteiger partial charge in [0, 0.05) is 15.6 Å². The number of rotatable bonds is 2. The fourth-order valence-electron chi connectivity index (χ4n) is 1.26. The fraction of sp³-hybridized carbons (Fsp3) is 0.286. The van der Waals surface area contributed by atoms with E-state index in [-0.39, 0.29) is 5.57 Å². The van der Waals surface area contributed by atoms with Crippen molar-refractivity contribution in [3.8, 4) is 6.07 Å². The highest BCUT2D eigenvalue weighted by atomic mass is 35.5. The summed E-state index contributed by atoms with van der Waals surface area (Å²) in [5.41, 5.74) is -0.393. The van der Waals surface area contributed by atoms with Crippen molar-refractivity contribution in [2.45, 2.75) is 26.4 Å². The van der Waals surface area contributed by atoms with Crippen molar-refractivity contribution in [3.63, 3.8) is 0 Å². The van der Waals surface area contributed by atoms with E-state index in [4.69, 9.17) is 33.2 Å². The van der Waals surface area contributed by atoms with Crippen molar-refractivity contribution in [1.29, 1.82) is 5.26 Å². The maximum atomic E-state index is 11.8. The average Bonchev–Trinajstić information content (AvgIpc) is 2.26. The standard InChI is InChI=1S/C14H13Cl2NO2/c1-14(2,3)19-13(18)9(8-17)7-10-11(15)5-4-6-12(10)16/h4-7H,1-3H3/b9-7+. The summed E-state index contributed by atoms with van der Waals surface area (Å²) in [4.78, 5) is 11.8. The predicted molar refractivity (Wildman–Crippen MR) is 75.9 cm³/mol. The highest BCUT2D eigenvalue weighted by Crippen LogP contribution is 2.27. The number of esters is 1. The van der Waals surface area contributed by atoms with E-state index in [0.717, 1.165) is 0 Å². The van der Waals surface area contributed by atoms with Crippen LogP contribution in [0.15, 0.2) is 23.8 Å². The average molecular weight is 298 g/mol. The molecular formula is C14H13Cl2NO2. The molecule has 0 heterocycles. The Labute approximate surface area is 122 Å². The Morgan fingerprint density at radius 2 is 1.84 bits per heavy atom. The molecule has 3 nitrogen and oxygen atoms in total. The third-order valence-corrected chi connectivity index (χ3v) is 2.69. The van der Waals surface area contributed by atoms with Crippen LogP contribution in [-0.4, -0.2) is 11.6 Å². The molecule has 0 saturated heterocycles. The molecule has 5 heteroatoms. The highest BCUT2D eigenvalue weighted by Gasteiger charge is 2.20. The topological polar surface area (TPSA) is 50.1 Å². The van der Waals surface area contributed by atoms with Gasteiger partial charge >= 0.3 is 5.97 Å². The molecule has 0 saturated carbocycles. The molecule has 0 spiro atoms. The first-order chi connectivity index (χ1) is 8.74. The molecule has 0 aliphatic heterocycles. The number of halogens is 2. The van der Waals surface area contributed by atoms with Crippen LogP contribution in [0.25, 0.3) is 6.08 Å². The molecule has 0 aromatic heterocycles. The van der Waals surface area contributed by atoms with E-state index >= 15 is 0 Å². The van der Waals surface area contributed by atoms with Gasteiger partial charge in [-0.2, -0.15) is 5.26 Å². The molecule has 19 heavy (non-hydrogen) atoms. The maximum Gasteiger partial charge on any atom is 0.349 e. The smallest absolute Gasteiger partial charge is 0.349 e. The lowest BCUT2D eigenvalue weighted by molar-refractivity contribution is -0.149. The number of benzene rings is 1. The highest BCUT2D eigenvalue weighted by molar-refractivity contribution is 6.37. The Balaban J connectivity index is 3.14. The summed E-state index contributed by atoms with van der Waals surface area (Å²) in [5.74, 6) is -0.703. The molecule has 0 aliphatic carbocycles. The first kappa shape index (κ1) is 15.6. The summed E-state index contributed by atoms with van der Waals surface area (Å²) in [6.07, 6.45) is 1.33. The van der Waals surface area contributed by atoms with Gasteiger partial charge in [0.2, 0.25) is 0 Å². The number of hydrogen-bond acceptors (Lipinski definition) is 3. The summed E-state index contributed by atoms with van der Waals surface area (Å²) < 4.78 is 5.13. The van der Waals surface area contributed by atoms with Crippen molar-refractivity contribution in [1.82, 2.24) is 0 Å². The molecule has 0 unspecified atom stereocenters. The Bertz CT molecular complexity index is 546. The molecule has 0 radical (unpaired) electrons. The van der Waals surface area contributed by atoms with Crippen LogP contribution >= 0.6 is 23.2 Å². The van der Waals surface area contributed by atoms with Gasteiger partial charge in [-0.25, -0.2) is 4.79 Å². The molecule has 0 atom stereocenters. The van der Waals surface area contributed by atoms with Crippen molar-refractivity contribution in [3.05, 3.63) is 39.4 Å². The summed E-state index contributed by atoms with van der Waals surface area (Å²) in [6.45, 7) is 5.17. The molecule has 0 N–H and O–H groups in total. The van der Waals surface area contributed by atoms with E-state index in [1.165, 1.54) is 6.08 Å². The Kier molecular flexibility index (Phi) is 4.99. The molecule has 0 aliphatic rings. The van der Waals surface area contributed by atoms with Crippen LogP contribution in [0, 0.1) is 11.3 Å². The quantitative estimate of drug-likeness (QED) is 0.466. The lowest BCUT2D eigenvalue weighted by Crippen LogP contribution is -2.24. The van der Waals surface area contributed by atoms with Crippen LogP contribution in [0.1, 0.15) is 26.3 Å². The molecule has 1 rings (SSSR count). The van der Waals surface area contributed by atoms with Gasteiger partial charge in [-0.1, -0.05) is 29.3 Å². The fourth-order valence-corrected chi connectivity index (χ4v) is 1.77. The number of nitrogens with zero attached hydrogens (tertiary/aromatic N) is 1. The van der Waals surface area contributed by atoms with E-state index in [1.54, 1.807) is 45.0 Å². The minimum atomic E-state index is -0.703. The molecule has 100 valence electrons. The summed E-state index contributed by atoms with van der Waals surface area (Å²) in [6, 6.07) is 6.74. The zero-order valence-electron chi connectivity index (χ0n) is 10.8. The van der Waals surface area contributed by atoms with Crippen LogP contribution in [0.4, 0.5) is 0 Å². The normalized spacial score (nSPS) is 11.9. The lowest BCUT2D eigenvalue weighted by Gasteiger charge is -2.19. The summed E-state index contributed by atoms with van der Waals surface area (Å²) in [7, 11) is 0. The van der Waals surface area contributed by atoms with Gasteiger partial charge < -0.3 is 4.74 Å². The number of hydrogen-bond donors (Lipinski definition) is 0. The molecule has 0 bridgehead atoms. The Morgan fingerprint density at radius 1 is 1.32 bits per heavy atom. The summed E-state index contributed by atoms with van der Waals surface area (Å²) >= 11 is 12.0. The SMILES string of the molecule is CC(C)(C)OC(=O)/C(C#N)=C/c1c(Cl)cccc1Cl. The van der Waals surface area contributed by atoms with E-state index in [2.05, 4.69) is 0 Å². The van der Waals surface area contributed by atoms with Crippen LogP contribution < -0.4 is 0 Å². The first-order valence-electron chi connectivity index (χ1n) is 5.54. The van der Waals surface area contributed by atoms with Gasteiger partial charge in [0.05, 0.1) is 0 Å². The second-order valence-corrected chi connectivity index (χ2v) is 5.62. The van der Waals surface area contributed by atoms with Crippen molar-refractivity contribution < 1.29 is 9.53 Å². The number of nitriles is 1. The summed E-state index contributed by atoms with van der Waals surface area (Å²) in [5, 5.41) is 9.76. The number of carbonyl (C=O) groups excluding carboxylic acids is 1. The van der Waals surface area contributed by atoms with Gasteiger partial charge in [-0.3, -0.25) is 0 Å². The number of carbonyl (C=O) groups is 1. The van der Waals surface area contributed by atoms with Crippen molar-refractivity contribution in [2.75, 3.05) is 0 Å². The molecule has 0 fully saturated rings. The van der Waals surface area contributed by atoms with Gasteiger partial charge in [0.1, 0.15) is 17.2 Å². The van der Waals surface area contributed by atoms with Gasteiger partial charge in [0.25, 0.3) is 0 Å². The molecule has 1 aromatic carbocycles. The second-order valence-electron chi connectivity index (χ2n) is 4.81. The maximum absolute atomic E-state index is 11.8. The largest absolute Gasteiger partial charge is 0.456 e. The molecule has 0 amide bonds.